The standard InChI is InChI=1S/C17H14Br2FNO/c18-13-3-1-12(2-4-13)17(7-8-17)16(22)21-10-11-9-14(19)5-6-15(11)20/h1-6,9H,7-8,10H2,(H,21,22). The summed E-state index contributed by atoms with van der Waals surface area (Å²) in [5.74, 6) is -0.341. The van der Waals surface area contributed by atoms with Gasteiger partial charge in [0.1, 0.15) is 5.82 Å². The molecule has 0 heterocycles. The van der Waals surface area contributed by atoms with Crippen molar-refractivity contribution < 1.29 is 9.18 Å². The van der Waals surface area contributed by atoms with Crippen LogP contribution < -0.4 is 5.32 Å². The van der Waals surface area contributed by atoms with Crippen LogP contribution in [0.2, 0.25) is 0 Å². The lowest BCUT2D eigenvalue weighted by atomic mass is 9.95. The molecule has 3 rings (SSSR count). The van der Waals surface area contributed by atoms with Gasteiger partial charge in [0, 0.05) is 21.1 Å². The van der Waals surface area contributed by atoms with Crippen LogP contribution in [-0.4, -0.2) is 5.91 Å². The molecule has 22 heavy (non-hydrogen) atoms. The molecule has 0 unspecified atom stereocenters. The largest absolute Gasteiger partial charge is 0.351 e. The Labute approximate surface area is 145 Å². The molecule has 0 bridgehead atoms. The topological polar surface area (TPSA) is 29.1 Å². The molecule has 1 aliphatic rings. The second kappa shape index (κ2) is 6.13. The van der Waals surface area contributed by atoms with Gasteiger partial charge in [0.25, 0.3) is 0 Å². The maximum Gasteiger partial charge on any atom is 0.230 e. The second-order valence-corrected chi connectivity index (χ2v) is 7.34. The Morgan fingerprint density at radius 2 is 1.73 bits per heavy atom. The fraction of sp³-hybridized carbons (Fsp3) is 0.235. The van der Waals surface area contributed by atoms with Crippen molar-refractivity contribution in [3.63, 3.8) is 0 Å². The van der Waals surface area contributed by atoms with Crippen molar-refractivity contribution in [2.24, 2.45) is 0 Å². The van der Waals surface area contributed by atoms with Crippen LogP contribution in [0.25, 0.3) is 0 Å². The van der Waals surface area contributed by atoms with E-state index in [4.69, 9.17) is 0 Å². The van der Waals surface area contributed by atoms with Gasteiger partial charge in [-0.3, -0.25) is 4.79 Å². The van der Waals surface area contributed by atoms with Gasteiger partial charge in [0.15, 0.2) is 0 Å². The van der Waals surface area contributed by atoms with Gasteiger partial charge in [0.05, 0.1) is 5.41 Å². The third kappa shape index (κ3) is 3.10. The summed E-state index contributed by atoms with van der Waals surface area (Å²) in [6.45, 7) is 0.197. The molecule has 0 aliphatic heterocycles. The number of hydrogen-bond donors (Lipinski definition) is 1. The normalized spacial score (nSPS) is 15.4. The minimum atomic E-state index is -0.441. The van der Waals surface area contributed by atoms with E-state index in [9.17, 15) is 9.18 Å². The molecule has 5 heteroatoms. The Morgan fingerprint density at radius 3 is 2.36 bits per heavy atom. The molecule has 0 atom stereocenters. The molecule has 1 aliphatic carbocycles. The minimum Gasteiger partial charge on any atom is -0.351 e. The summed E-state index contributed by atoms with van der Waals surface area (Å²) >= 11 is 6.71. The molecule has 0 aromatic heterocycles. The lowest BCUT2D eigenvalue weighted by molar-refractivity contribution is -0.123. The summed E-state index contributed by atoms with van der Waals surface area (Å²) in [5.41, 5.74) is 1.06. The molecular weight excluding hydrogens is 413 g/mol. The minimum absolute atomic E-state index is 0.0332. The lowest BCUT2D eigenvalue weighted by Gasteiger charge is -2.16. The predicted octanol–water partition coefficient (Wildman–Crippen LogP) is 4.70. The monoisotopic (exact) mass is 425 g/mol. The van der Waals surface area contributed by atoms with E-state index in [0.29, 0.717) is 5.56 Å². The zero-order valence-electron chi connectivity index (χ0n) is 11.7. The first-order valence-electron chi connectivity index (χ1n) is 6.99. The summed E-state index contributed by atoms with van der Waals surface area (Å²) in [6.07, 6.45) is 1.67. The molecule has 0 radical (unpaired) electrons. The SMILES string of the molecule is O=C(NCc1cc(Br)ccc1F)C1(c2ccc(Br)cc2)CC1. The smallest absolute Gasteiger partial charge is 0.230 e. The maximum atomic E-state index is 13.7. The molecule has 2 aromatic carbocycles. The molecule has 1 N–H and O–H groups in total. The van der Waals surface area contributed by atoms with Crippen molar-refractivity contribution >= 4 is 37.8 Å². The zero-order valence-corrected chi connectivity index (χ0v) is 14.9. The summed E-state index contributed by atoms with van der Waals surface area (Å²) < 4.78 is 15.5. The van der Waals surface area contributed by atoms with Crippen LogP contribution in [-0.2, 0) is 16.8 Å². The number of benzene rings is 2. The van der Waals surface area contributed by atoms with Crippen LogP contribution in [0.1, 0.15) is 24.0 Å². The molecule has 2 nitrogen and oxygen atoms in total. The highest BCUT2D eigenvalue weighted by Gasteiger charge is 2.51. The third-order valence-electron chi connectivity index (χ3n) is 4.03. The number of halogens is 3. The maximum absolute atomic E-state index is 13.7. The first-order valence-corrected chi connectivity index (χ1v) is 8.58. The molecule has 0 saturated heterocycles. The van der Waals surface area contributed by atoms with Crippen molar-refractivity contribution in [3.8, 4) is 0 Å². The van der Waals surface area contributed by atoms with E-state index in [2.05, 4.69) is 37.2 Å². The Morgan fingerprint density at radius 1 is 1.09 bits per heavy atom. The van der Waals surface area contributed by atoms with E-state index in [1.165, 1.54) is 6.07 Å². The first-order chi connectivity index (χ1) is 10.5. The summed E-state index contributed by atoms with van der Waals surface area (Å²) in [5, 5.41) is 2.87. The molecule has 1 saturated carbocycles. The van der Waals surface area contributed by atoms with E-state index < -0.39 is 5.41 Å². The lowest BCUT2D eigenvalue weighted by Crippen LogP contribution is -2.34. The van der Waals surface area contributed by atoms with E-state index >= 15 is 0 Å². The van der Waals surface area contributed by atoms with E-state index in [1.807, 2.05) is 24.3 Å². The van der Waals surface area contributed by atoms with E-state index in [0.717, 1.165) is 27.4 Å². The van der Waals surface area contributed by atoms with Gasteiger partial charge in [-0.1, -0.05) is 44.0 Å². The van der Waals surface area contributed by atoms with Gasteiger partial charge in [-0.2, -0.15) is 0 Å². The van der Waals surface area contributed by atoms with Crippen molar-refractivity contribution in [2.45, 2.75) is 24.8 Å². The molecule has 0 spiro atoms. The van der Waals surface area contributed by atoms with Gasteiger partial charge in [-0.25, -0.2) is 4.39 Å². The van der Waals surface area contributed by atoms with Crippen LogP contribution in [0.3, 0.4) is 0 Å². The van der Waals surface area contributed by atoms with Gasteiger partial charge in [-0.05, 0) is 48.7 Å². The van der Waals surface area contributed by atoms with Crippen LogP contribution in [0, 0.1) is 5.82 Å². The molecule has 1 amide bonds. The van der Waals surface area contributed by atoms with Crippen LogP contribution in [0.5, 0.6) is 0 Å². The van der Waals surface area contributed by atoms with Gasteiger partial charge in [0.2, 0.25) is 5.91 Å². The number of carbonyl (C=O) groups excluding carboxylic acids is 1. The van der Waals surface area contributed by atoms with Crippen molar-refractivity contribution in [1.29, 1.82) is 0 Å². The van der Waals surface area contributed by atoms with E-state index in [-0.39, 0.29) is 18.3 Å². The Balaban J connectivity index is 1.72. The van der Waals surface area contributed by atoms with Gasteiger partial charge in [-0.15, -0.1) is 0 Å². The van der Waals surface area contributed by atoms with Crippen molar-refractivity contribution in [2.75, 3.05) is 0 Å². The van der Waals surface area contributed by atoms with Crippen LogP contribution in [0.4, 0.5) is 4.39 Å². The second-order valence-electron chi connectivity index (χ2n) is 5.51. The highest BCUT2D eigenvalue weighted by atomic mass is 79.9. The quantitative estimate of drug-likeness (QED) is 0.754. The number of hydrogen-bond acceptors (Lipinski definition) is 1. The van der Waals surface area contributed by atoms with Crippen molar-refractivity contribution in [3.05, 3.63) is 68.4 Å². The highest BCUT2D eigenvalue weighted by molar-refractivity contribution is 9.10. The number of carbonyl (C=O) groups is 1. The molecule has 2 aromatic rings. The van der Waals surface area contributed by atoms with Gasteiger partial charge < -0.3 is 5.32 Å². The molecule has 114 valence electrons. The van der Waals surface area contributed by atoms with Crippen LogP contribution in [0.15, 0.2) is 51.4 Å². The zero-order chi connectivity index (χ0) is 15.7. The van der Waals surface area contributed by atoms with Crippen molar-refractivity contribution in [1.82, 2.24) is 5.32 Å². The van der Waals surface area contributed by atoms with E-state index in [1.54, 1.807) is 12.1 Å². The first kappa shape index (κ1) is 15.7. The highest BCUT2D eigenvalue weighted by Crippen LogP contribution is 2.48. The average molecular weight is 427 g/mol. The molecular formula is C17H14Br2FNO. The fourth-order valence-corrected chi connectivity index (χ4v) is 3.24. The third-order valence-corrected chi connectivity index (χ3v) is 5.05. The number of nitrogens with one attached hydrogen (secondary N) is 1. The Bertz CT molecular complexity index is 711. The Kier molecular flexibility index (Phi) is 4.37. The molecule has 1 fully saturated rings. The predicted molar refractivity (Wildman–Crippen MR) is 91.0 cm³/mol. The number of amides is 1. The van der Waals surface area contributed by atoms with Crippen LogP contribution >= 0.6 is 31.9 Å². The summed E-state index contributed by atoms with van der Waals surface area (Å²) in [7, 11) is 0. The fourth-order valence-electron chi connectivity index (χ4n) is 2.56. The number of rotatable bonds is 4. The summed E-state index contributed by atoms with van der Waals surface area (Å²) in [4.78, 5) is 12.5. The average Bonchev–Trinajstić information content (AvgIpc) is 3.30. The Hall–Kier alpha value is -1.20. The van der Waals surface area contributed by atoms with Gasteiger partial charge >= 0.3 is 0 Å². The summed E-state index contributed by atoms with van der Waals surface area (Å²) in [6, 6.07) is 12.5.